The van der Waals surface area contributed by atoms with Gasteiger partial charge in [0.2, 0.25) is 5.91 Å². The second-order valence-electron chi connectivity index (χ2n) is 11.9. The highest BCUT2D eigenvalue weighted by Gasteiger charge is 2.37. The Bertz CT molecular complexity index is 1510. The van der Waals surface area contributed by atoms with Gasteiger partial charge in [-0.25, -0.2) is 19.0 Å². The van der Waals surface area contributed by atoms with Gasteiger partial charge >= 0.3 is 5.91 Å². The van der Waals surface area contributed by atoms with Crippen molar-refractivity contribution in [3.05, 3.63) is 34.9 Å². The number of nitrogens with one attached hydrogen (secondary N) is 2. The third kappa shape index (κ3) is 7.15. The van der Waals surface area contributed by atoms with Crippen LogP contribution in [-0.2, 0) is 9.53 Å². The third-order valence-corrected chi connectivity index (χ3v) is 8.95. The van der Waals surface area contributed by atoms with Crippen LogP contribution in [0.5, 0.6) is 0 Å². The van der Waals surface area contributed by atoms with Crippen molar-refractivity contribution in [3.8, 4) is 0 Å². The van der Waals surface area contributed by atoms with E-state index in [-0.39, 0.29) is 34.9 Å². The van der Waals surface area contributed by atoms with Crippen molar-refractivity contribution >= 4 is 69.6 Å². The number of halogens is 1. The van der Waals surface area contributed by atoms with Crippen LogP contribution in [-0.4, -0.2) is 76.2 Å². The molecule has 1 aromatic carbocycles. The molecule has 4 atom stereocenters. The second kappa shape index (κ2) is 12.5. The summed E-state index contributed by atoms with van der Waals surface area (Å²) >= 11 is 0. The maximum Gasteiger partial charge on any atom is 0.301 e. The van der Waals surface area contributed by atoms with Gasteiger partial charge in [0.25, 0.3) is 0 Å². The molecule has 2 heterocycles. The molecule has 5 rings (SSSR count). The first kappa shape index (κ1) is 31.3. The Morgan fingerprint density at radius 2 is 2.00 bits per heavy atom. The zero-order valence-electron chi connectivity index (χ0n) is 24.1. The Hall–Kier alpha value is -2.12. The van der Waals surface area contributed by atoms with Crippen LogP contribution >= 0.6 is 27.7 Å². The predicted octanol–water partition coefficient (Wildman–Crippen LogP) is 2.75. The normalized spacial score (nSPS) is 22.3. The molecule has 0 bridgehead atoms. The van der Waals surface area contributed by atoms with E-state index < -0.39 is 17.2 Å². The number of hydrogen-bond acceptors (Lipinski definition) is 7. The SMILES string of the molecule is Bc1c(C(COC)C(=O)NCC(C)(P)P)ccc2[nH]c(/C(=N/C(=O)c3nonc3C3CC3)C3CCC(F)(P)CC3)nc12. The molecule has 224 valence electrons. The van der Waals surface area contributed by atoms with Crippen LogP contribution in [0.3, 0.4) is 0 Å². The number of rotatable bonds is 10. The van der Waals surface area contributed by atoms with Crippen LogP contribution in [0.4, 0.5) is 4.39 Å². The number of carbonyl (C=O) groups is 2. The van der Waals surface area contributed by atoms with E-state index in [1.165, 1.54) is 0 Å². The number of fused-ring (bicyclic) bond motifs is 1. The lowest BCUT2D eigenvalue weighted by atomic mass is 9.82. The van der Waals surface area contributed by atoms with Crippen molar-refractivity contribution in [1.29, 1.82) is 0 Å². The van der Waals surface area contributed by atoms with E-state index in [0.29, 0.717) is 55.0 Å². The molecular formula is C27H37BFN6O4P3. The number of nitrogens with zero attached hydrogens (tertiary/aromatic N) is 4. The number of benzene rings is 1. The monoisotopic (exact) mass is 632 g/mol. The van der Waals surface area contributed by atoms with Crippen LogP contribution in [0.1, 0.15) is 84.9 Å². The van der Waals surface area contributed by atoms with Crippen molar-refractivity contribution in [1.82, 2.24) is 25.6 Å². The number of aliphatic imine (C=N–C) groups is 1. The van der Waals surface area contributed by atoms with Gasteiger partial charge in [-0.2, -0.15) is 0 Å². The van der Waals surface area contributed by atoms with E-state index in [1.54, 1.807) is 7.11 Å². The number of alkyl halides is 1. The Morgan fingerprint density at radius 1 is 1.29 bits per heavy atom. The molecule has 2 aliphatic carbocycles. The number of ether oxygens (including phenoxy) is 1. The molecule has 0 aliphatic heterocycles. The lowest BCUT2D eigenvalue weighted by Crippen LogP contribution is -2.38. The largest absolute Gasteiger partial charge is 0.384 e. The zero-order chi connectivity index (χ0) is 30.2. The van der Waals surface area contributed by atoms with E-state index in [0.717, 1.165) is 29.4 Å². The highest BCUT2D eigenvalue weighted by molar-refractivity contribution is 7.39. The fraction of sp³-hybridized carbons (Fsp3) is 0.556. The van der Waals surface area contributed by atoms with E-state index in [2.05, 4.69) is 53.3 Å². The number of methoxy groups -OCH3 is 1. The molecule has 4 unspecified atom stereocenters. The topological polar surface area (TPSA) is 135 Å². The molecule has 0 radical (unpaired) electrons. The molecule has 0 saturated heterocycles. The van der Waals surface area contributed by atoms with Crippen molar-refractivity contribution in [2.45, 2.75) is 67.6 Å². The molecule has 2 N–H and O–H groups in total. The van der Waals surface area contributed by atoms with Crippen LogP contribution in [0.2, 0.25) is 0 Å². The highest BCUT2D eigenvalue weighted by Crippen LogP contribution is 2.42. The summed E-state index contributed by atoms with van der Waals surface area (Å²) in [5, 5.41) is 9.47. The predicted molar refractivity (Wildman–Crippen MR) is 172 cm³/mol. The summed E-state index contributed by atoms with van der Waals surface area (Å²) in [4.78, 5) is 39.1. The smallest absolute Gasteiger partial charge is 0.301 e. The van der Waals surface area contributed by atoms with Gasteiger partial charge in [0.1, 0.15) is 19.0 Å². The van der Waals surface area contributed by atoms with Crippen molar-refractivity contribution in [2.75, 3.05) is 20.3 Å². The van der Waals surface area contributed by atoms with Gasteiger partial charge in [-0.05, 0) is 55.3 Å². The van der Waals surface area contributed by atoms with Crippen LogP contribution in [0, 0.1) is 5.92 Å². The second-order valence-corrected chi connectivity index (χ2v) is 16.2. The molecule has 15 heteroatoms. The summed E-state index contributed by atoms with van der Waals surface area (Å²) in [7, 11) is 11.2. The van der Waals surface area contributed by atoms with Crippen LogP contribution < -0.4 is 10.8 Å². The fourth-order valence-electron chi connectivity index (χ4n) is 5.44. The lowest BCUT2D eigenvalue weighted by molar-refractivity contribution is -0.123. The van der Waals surface area contributed by atoms with Gasteiger partial charge in [0.05, 0.1) is 29.3 Å². The van der Waals surface area contributed by atoms with Gasteiger partial charge in [-0.1, -0.05) is 32.8 Å². The number of aromatic amines is 1. The van der Waals surface area contributed by atoms with E-state index in [1.807, 2.05) is 26.9 Å². The number of aromatic nitrogens is 4. The summed E-state index contributed by atoms with van der Waals surface area (Å²) < 4.78 is 25.0. The fourth-order valence-corrected chi connectivity index (χ4v) is 5.98. The number of carbonyl (C=O) groups excluding carboxylic acids is 2. The lowest BCUT2D eigenvalue weighted by Gasteiger charge is -2.31. The first-order chi connectivity index (χ1) is 19.9. The molecule has 2 amide bonds. The van der Waals surface area contributed by atoms with Crippen molar-refractivity contribution in [3.63, 3.8) is 0 Å². The minimum Gasteiger partial charge on any atom is -0.384 e. The zero-order valence-corrected chi connectivity index (χ0v) is 27.5. The van der Waals surface area contributed by atoms with Crippen molar-refractivity contribution < 1.29 is 23.3 Å². The maximum atomic E-state index is 14.7. The summed E-state index contributed by atoms with van der Waals surface area (Å²) in [6.45, 7) is 2.66. The van der Waals surface area contributed by atoms with Gasteiger partial charge in [0.15, 0.2) is 11.5 Å². The molecule has 2 aromatic heterocycles. The summed E-state index contributed by atoms with van der Waals surface area (Å²) in [5.41, 5.74) is 4.16. The van der Waals surface area contributed by atoms with E-state index in [4.69, 9.17) is 14.3 Å². The number of hydrogen-bond donors (Lipinski definition) is 2. The van der Waals surface area contributed by atoms with Gasteiger partial charge in [-0.15, -0.1) is 18.5 Å². The molecule has 42 heavy (non-hydrogen) atoms. The minimum atomic E-state index is -1.33. The number of imidazole rings is 1. The van der Waals surface area contributed by atoms with Crippen molar-refractivity contribution in [2.24, 2.45) is 10.9 Å². The Balaban J connectivity index is 1.51. The summed E-state index contributed by atoms with van der Waals surface area (Å²) in [5.74, 6) is -0.786. The molecule has 2 saturated carbocycles. The third-order valence-electron chi connectivity index (χ3n) is 7.97. The quantitative estimate of drug-likeness (QED) is 0.200. The molecular weight excluding hydrogens is 595 g/mol. The molecule has 2 aliphatic rings. The average Bonchev–Trinajstić information content (AvgIpc) is 3.48. The molecule has 2 fully saturated rings. The van der Waals surface area contributed by atoms with E-state index in [9.17, 15) is 14.0 Å². The maximum absolute atomic E-state index is 14.7. The summed E-state index contributed by atoms with van der Waals surface area (Å²) in [6, 6.07) is 3.78. The highest BCUT2D eigenvalue weighted by atomic mass is 31.1. The minimum absolute atomic E-state index is 0.117. The van der Waals surface area contributed by atoms with Gasteiger partial charge in [-0.3, -0.25) is 9.59 Å². The molecule has 10 nitrogen and oxygen atoms in total. The Labute approximate surface area is 251 Å². The number of H-pyrrole nitrogens is 1. The standard InChI is InChI=1S/C27H37BFN6O4P3/c1-26(40,41)12-30-24(36)16(11-38-2)15-5-6-17-21(18(15)28)32-23(31-17)20(14-7-9-27(29,42)10-8-14)33-25(37)22-19(13-3-4-13)34-39-35-22/h5-6,13-14,16H,3-4,7-12,28,40-42H2,1-2H3,(H,30,36)(H,31,32)/b33-20+. The average molecular weight is 632 g/mol. The Kier molecular flexibility index (Phi) is 9.30. The van der Waals surface area contributed by atoms with Gasteiger partial charge < -0.3 is 15.0 Å². The van der Waals surface area contributed by atoms with Crippen LogP contribution in [0.15, 0.2) is 21.8 Å². The molecule has 3 aromatic rings. The molecule has 0 spiro atoms. The first-order valence-corrected chi connectivity index (χ1v) is 15.9. The number of amides is 2. The first-order valence-electron chi connectivity index (χ1n) is 14.1. The summed E-state index contributed by atoms with van der Waals surface area (Å²) in [6.07, 6.45) is 3.55. The van der Waals surface area contributed by atoms with Crippen LogP contribution in [0.25, 0.3) is 11.0 Å². The Morgan fingerprint density at radius 3 is 2.64 bits per heavy atom. The van der Waals surface area contributed by atoms with Gasteiger partial charge in [0, 0.05) is 30.4 Å². The van der Waals surface area contributed by atoms with E-state index >= 15 is 0 Å².